The molecular formula is C30H23F2N3O5. The number of ether oxygens (including phenoxy) is 1. The van der Waals surface area contributed by atoms with Gasteiger partial charge in [0.25, 0.3) is 11.8 Å². The number of amides is 3. The van der Waals surface area contributed by atoms with Crippen LogP contribution >= 0.6 is 0 Å². The van der Waals surface area contributed by atoms with E-state index in [1.807, 2.05) is 6.07 Å². The first kappa shape index (κ1) is 26.5. The normalized spacial score (nSPS) is 12.7. The van der Waals surface area contributed by atoms with Crippen LogP contribution in [-0.4, -0.2) is 27.2 Å². The molecular weight excluding hydrogens is 520 g/mol. The smallest absolute Gasteiger partial charge is 0.281 e. The van der Waals surface area contributed by atoms with Crippen molar-refractivity contribution in [1.82, 2.24) is 14.8 Å². The lowest BCUT2D eigenvalue weighted by Gasteiger charge is -2.29. The Balaban J connectivity index is 1.49. The third-order valence-electron chi connectivity index (χ3n) is 6.38. The molecule has 4 aromatic rings. The van der Waals surface area contributed by atoms with Gasteiger partial charge in [-0.2, -0.15) is 0 Å². The van der Waals surface area contributed by atoms with Gasteiger partial charge in [-0.3, -0.25) is 24.1 Å². The highest BCUT2D eigenvalue weighted by Crippen LogP contribution is 2.25. The topological polar surface area (TPSA) is 97.7 Å². The fourth-order valence-corrected chi connectivity index (χ4v) is 4.29. The van der Waals surface area contributed by atoms with Gasteiger partial charge >= 0.3 is 0 Å². The summed E-state index contributed by atoms with van der Waals surface area (Å²) in [6, 6.07) is 19.8. The molecule has 0 aliphatic carbocycles. The first-order chi connectivity index (χ1) is 19.3. The molecule has 1 aromatic heterocycles. The minimum absolute atomic E-state index is 0.0177. The Labute approximate surface area is 227 Å². The summed E-state index contributed by atoms with van der Waals surface area (Å²) in [5.41, 5.74) is 0.536. The highest BCUT2D eigenvalue weighted by molar-refractivity contribution is 6.08. The summed E-state index contributed by atoms with van der Waals surface area (Å²) in [7, 11) is 0. The van der Waals surface area contributed by atoms with Crippen molar-refractivity contribution >= 4 is 17.7 Å². The lowest BCUT2D eigenvalue weighted by molar-refractivity contribution is -0.130. The number of benzene rings is 3. The van der Waals surface area contributed by atoms with Crippen molar-refractivity contribution in [1.29, 1.82) is 0 Å². The maximum atomic E-state index is 13.6. The molecule has 5 rings (SSSR count). The van der Waals surface area contributed by atoms with Crippen LogP contribution in [-0.2, 0) is 31.0 Å². The van der Waals surface area contributed by atoms with E-state index in [9.17, 15) is 28.0 Å². The average molecular weight is 544 g/mol. The fourth-order valence-electron chi connectivity index (χ4n) is 4.29. The van der Waals surface area contributed by atoms with Crippen molar-refractivity contribution in [2.24, 2.45) is 0 Å². The third kappa shape index (κ3) is 5.65. The molecule has 8 nitrogen and oxygen atoms in total. The van der Waals surface area contributed by atoms with Gasteiger partial charge in [0.05, 0.1) is 6.54 Å². The lowest BCUT2D eigenvalue weighted by atomic mass is 10.1. The van der Waals surface area contributed by atoms with Crippen molar-refractivity contribution in [3.63, 3.8) is 0 Å². The number of aromatic nitrogens is 1. The van der Waals surface area contributed by atoms with Crippen LogP contribution in [0.5, 0.6) is 5.75 Å². The van der Waals surface area contributed by atoms with E-state index in [2.05, 4.69) is 5.32 Å². The van der Waals surface area contributed by atoms with E-state index in [-0.39, 0.29) is 43.2 Å². The molecule has 0 bridgehead atoms. The van der Waals surface area contributed by atoms with Gasteiger partial charge in [-0.05, 0) is 41.0 Å². The van der Waals surface area contributed by atoms with Gasteiger partial charge in [0.1, 0.15) is 30.3 Å². The Morgan fingerprint density at radius 3 is 2.10 bits per heavy atom. The fraction of sp³-hybridized carbons (Fsp3) is 0.133. The van der Waals surface area contributed by atoms with Crippen LogP contribution in [0.3, 0.4) is 0 Å². The first-order valence-electron chi connectivity index (χ1n) is 12.4. The second-order valence-electron chi connectivity index (χ2n) is 9.17. The Bertz CT molecular complexity index is 1640. The predicted molar refractivity (Wildman–Crippen MR) is 140 cm³/mol. The molecule has 0 atom stereocenters. The molecule has 0 radical (unpaired) electrons. The van der Waals surface area contributed by atoms with E-state index in [1.165, 1.54) is 53.1 Å². The van der Waals surface area contributed by atoms with Crippen LogP contribution in [0.25, 0.3) is 0 Å². The molecule has 0 saturated carbocycles. The van der Waals surface area contributed by atoms with Crippen LogP contribution in [0.2, 0.25) is 0 Å². The summed E-state index contributed by atoms with van der Waals surface area (Å²) in [6.45, 7) is -0.514. The number of carbonyl (C=O) groups excluding carboxylic acids is 3. The molecule has 202 valence electrons. The molecule has 1 N–H and O–H groups in total. The third-order valence-corrected chi connectivity index (χ3v) is 6.38. The number of nitrogens with zero attached hydrogens (tertiary/aromatic N) is 2. The van der Waals surface area contributed by atoms with Gasteiger partial charge in [0.15, 0.2) is 11.4 Å². The van der Waals surface area contributed by atoms with Crippen LogP contribution in [0.1, 0.15) is 37.5 Å². The molecule has 1 aliphatic heterocycles. The summed E-state index contributed by atoms with van der Waals surface area (Å²) < 4.78 is 33.7. The van der Waals surface area contributed by atoms with E-state index in [1.54, 1.807) is 24.3 Å². The summed E-state index contributed by atoms with van der Waals surface area (Å²) in [4.78, 5) is 54.1. The number of halogens is 2. The minimum Gasteiger partial charge on any atom is -0.483 e. The number of fused-ring (bicyclic) bond motifs is 1. The van der Waals surface area contributed by atoms with Crippen molar-refractivity contribution in [2.75, 3.05) is 0 Å². The molecule has 0 unspecified atom stereocenters. The lowest BCUT2D eigenvalue weighted by Crippen LogP contribution is -2.46. The van der Waals surface area contributed by atoms with Gasteiger partial charge in [0.2, 0.25) is 11.3 Å². The molecule has 0 fully saturated rings. The number of carbonyl (C=O) groups is 3. The quantitative estimate of drug-likeness (QED) is 0.341. The molecule has 1 aliphatic rings. The Hall–Kier alpha value is -5.12. The number of nitrogens with one attached hydrogen (secondary N) is 1. The second-order valence-corrected chi connectivity index (χ2v) is 9.17. The molecule has 0 spiro atoms. The highest BCUT2D eigenvalue weighted by atomic mass is 19.1. The number of pyridine rings is 1. The van der Waals surface area contributed by atoms with Crippen LogP contribution < -0.4 is 15.5 Å². The van der Waals surface area contributed by atoms with Crippen molar-refractivity contribution in [3.8, 4) is 5.75 Å². The van der Waals surface area contributed by atoms with E-state index in [4.69, 9.17) is 4.74 Å². The maximum Gasteiger partial charge on any atom is 0.281 e. The standard InChI is InChI=1S/C30H23F2N3O5/c31-22-10-6-19(7-11-22)14-33-29(38)24-16-34-17-25(36)35(15-20-8-12-23(32)13-9-20)30(39)26(34)28(27(24)37)40-18-21-4-2-1-3-5-21/h1-13,16H,14-15,17-18H2,(H,33,38). The molecule has 3 aromatic carbocycles. The Morgan fingerprint density at radius 1 is 0.825 bits per heavy atom. The largest absolute Gasteiger partial charge is 0.483 e. The predicted octanol–water partition coefficient (Wildman–Crippen LogP) is 3.82. The number of imide groups is 1. The molecule has 10 heteroatoms. The molecule has 2 heterocycles. The first-order valence-corrected chi connectivity index (χ1v) is 12.4. The van der Waals surface area contributed by atoms with E-state index >= 15 is 0 Å². The van der Waals surface area contributed by atoms with Crippen LogP contribution in [0.4, 0.5) is 8.78 Å². The second kappa shape index (κ2) is 11.3. The average Bonchev–Trinajstić information content (AvgIpc) is 2.96. The van der Waals surface area contributed by atoms with E-state index < -0.39 is 34.8 Å². The zero-order valence-electron chi connectivity index (χ0n) is 21.1. The zero-order chi connectivity index (χ0) is 28.2. The Kier molecular flexibility index (Phi) is 7.50. The van der Waals surface area contributed by atoms with Gasteiger partial charge in [-0.15, -0.1) is 0 Å². The van der Waals surface area contributed by atoms with E-state index in [0.29, 0.717) is 16.7 Å². The van der Waals surface area contributed by atoms with Crippen molar-refractivity contribution < 1.29 is 27.9 Å². The summed E-state index contributed by atoms with van der Waals surface area (Å²) >= 11 is 0. The number of hydrogen-bond acceptors (Lipinski definition) is 5. The van der Waals surface area contributed by atoms with Crippen LogP contribution in [0, 0.1) is 11.6 Å². The van der Waals surface area contributed by atoms with E-state index in [0.717, 1.165) is 11.1 Å². The Morgan fingerprint density at radius 2 is 1.45 bits per heavy atom. The van der Waals surface area contributed by atoms with Crippen LogP contribution in [0.15, 0.2) is 89.9 Å². The number of rotatable bonds is 8. The van der Waals surface area contributed by atoms with Gasteiger partial charge in [-0.1, -0.05) is 54.6 Å². The maximum absolute atomic E-state index is 13.6. The van der Waals surface area contributed by atoms with Gasteiger partial charge in [-0.25, -0.2) is 8.78 Å². The van der Waals surface area contributed by atoms with Crippen molar-refractivity contribution in [2.45, 2.75) is 26.2 Å². The van der Waals surface area contributed by atoms with Gasteiger partial charge in [0, 0.05) is 12.7 Å². The summed E-state index contributed by atoms with van der Waals surface area (Å²) in [5, 5.41) is 2.61. The van der Waals surface area contributed by atoms with Crippen molar-refractivity contribution in [3.05, 3.63) is 135 Å². The highest BCUT2D eigenvalue weighted by Gasteiger charge is 2.36. The monoisotopic (exact) mass is 543 g/mol. The zero-order valence-corrected chi connectivity index (χ0v) is 21.1. The minimum atomic E-state index is -0.816. The summed E-state index contributed by atoms with van der Waals surface area (Å²) in [6.07, 6.45) is 1.16. The number of hydrogen-bond donors (Lipinski definition) is 1. The molecule has 40 heavy (non-hydrogen) atoms. The van der Waals surface area contributed by atoms with Gasteiger partial charge < -0.3 is 14.6 Å². The molecule has 0 saturated heterocycles. The summed E-state index contributed by atoms with van der Waals surface area (Å²) in [5.74, 6) is -3.34. The SMILES string of the molecule is O=C(NCc1ccc(F)cc1)c1cn2c(c(OCc3ccccc3)c1=O)C(=O)N(Cc1ccc(F)cc1)C(=O)C2. The molecule has 3 amide bonds.